The molecule has 5 heteroatoms. The number of H-pyrrole nitrogens is 1. The lowest BCUT2D eigenvalue weighted by Gasteiger charge is -1.96. The van der Waals surface area contributed by atoms with Gasteiger partial charge in [-0.2, -0.15) is 0 Å². The molecule has 19 heavy (non-hydrogen) atoms. The molecule has 0 atom stereocenters. The number of nitrogens with zero attached hydrogens (tertiary/aromatic N) is 2. The quantitative estimate of drug-likeness (QED) is 0.739. The van der Waals surface area contributed by atoms with Crippen LogP contribution >= 0.6 is 0 Å². The third kappa shape index (κ3) is 1.71. The molecule has 5 nitrogen and oxygen atoms in total. The van der Waals surface area contributed by atoms with E-state index < -0.39 is 5.97 Å². The monoisotopic (exact) mass is 255 g/mol. The molecule has 3 rings (SSSR count). The van der Waals surface area contributed by atoms with Crippen molar-refractivity contribution in [1.82, 2.24) is 14.5 Å². The van der Waals surface area contributed by atoms with Crippen LogP contribution in [0.3, 0.4) is 0 Å². The number of benzene rings is 1. The van der Waals surface area contributed by atoms with Crippen molar-refractivity contribution in [2.45, 2.75) is 6.92 Å². The summed E-state index contributed by atoms with van der Waals surface area (Å²) < 4.78 is 1.97. The van der Waals surface area contributed by atoms with Gasteiger partial charge in [0.1, 0.15) is 11.5 Å². The van der Waals surface area contributed by atoms with Crippen LogP contribution in [0.25, 0.3) is 22.2 Å². The first-order valence-electron chi connectivity index (χ1n) is 5.92. The van der Waals surface area contributed by atoms with Crippen LogP contribution in [0.1, 0.15) is 16.3 Å². The van der Waals surface area contributed by atoms with E-state index in [1.807, 2.05) is 42.1 Å². The Morgan fingerprint density at radius 1 is 1.37 bits per heavy atom. The van der Waals surface area contributed by atoms with Crippen LogP contribution in [0.5, 0.6) is 0 Å². The number of aromatic amines is 1. The molecule has 0 aliphatic heterocycles. The first-order valence-corrected chi connectivity index (χ1v) is 5.92. The molecule has 0 spiro atoms. The van der Waals surface area contributed by atoms with E-state index in [-0.39, 0.29) is 5.69 Å². The summed E-state index contributed by atoms with van der Waals surface area (Å²) in [5, 5.41) is 10.2. The number of rotatable bonds is 2. The molecule has 0 saturated heterocycles. The average molecular weight is 255 g/mol. The number of hydrogen-bond acceptors (Lipinski definition) is 2. The largest absolute Gasteiger partial charge is 0.477 e. The Morgan fingerprint density at radius 2 is 2.11 bits per heavy atom. The first kappa shape index (κ1) is 11.5. The molecule has 0 bridgehead atoms. The molecule has 0 fully saturated rings. The zero-order valence-electron chi connectivity index (χ0n) is 10.6. The minimum atomic E-state index is -0.997. The van der Waals surface area contributed by atoms with Crippen molar-refractivity contribution in [3.8, 4) is 11.3 Å². The number of para-hydroxylation sites is 1. The normalized spacial score (nSPS) is 11.1. The topological polar surface area (TPSA) is 70.9 Å². The third-order valence-corrected chi connectivity index (χ3v) is 3.19. The predicted molar refractivity (Wildman–Crippen MR) is 72.2 cm³/mol. The lowest BCUT2D eigenvalue weighted by molar-refractivity contribution is 0.0692. The molecule has 0 saturated carbocycles. The second-order valence-electron chi connectivity index (χ2n) is 4.52. The minimum absolute atomic E-state index is 0.133. The van der Waals surface area contributed by atoms with Crippen LogP contribution in [0, 0.1) is 6.92 Å². The van der Waals surface area contributed by atoms with Crippen molar-refractivity contribution >= 4 is 16.9 Å². The molecule has 2 heterocycles. The second-order valence-corrected chi connectivity index (χ2v) is 4.52. The summed E-state index contributed by atoms with van der Waals surface area (Å²) in [6, 6.07) is 7.87. The number of carboxylic acids is 1. The molecule has 0 radical (unpaired) electrons. The molecule has 0 aliphatic carbocycles. The second kappa shape index (κ2) is 3.98. The van der Waals surface area contributed by atoms with E-state index in [1.165, 1.54) is 0 Å². The number of fused-ring (bicyclic) bond motifs is 1. The fourth-order valence-corrected chi connectivity index (χ4v) is 2.37. The van der Waals surface area contributed by atoms with E-state index in [4.69, 9.17) is 0 Å². The maximum Gasteiger partial charge on any atom is 0.354 e. The summed E-state index contributed by atoms with van der Waals surface area (Å²) in [5.74, 6) is -0.399. The van der Waals surface area contributed by atoms with Crippen molar-refractivity contribution in [2.24, 2.45) is 7.05 Å². The SMILES string of the molecule is Cc1nc(-c2cn(C)c3ccccc23)c(C(=O)O)[nH]1. The molecular weight excluding hydrogens is 242 g/mol. The fourth-order valence-electron chi connectivity index (χ4n) is 2.37. The van der Waals surface area contributed by atoms with Crippen molar-refractivity contribution in [1.29, 1.82) is 0 Å². The van der Waals surface area contributed by atoms with Crippen molar-refractivity contribution in [2.75, 3.05) is 0 Å². The van der Waals surface area contributed by atoms with Gasteiger partial charge in [0.25, 0.3) is 0 Å². The zero-order valence-corrected chi connectivity index (χ0v) is 10.6. The summed E-state index contributed by atoms with van der Waals surface area (Å²) in [6.07, 6.45) is 1.91. The Hall–Kier alpha value is -2.56. The van der Waals surface area contributed by atoms with Gasteiger partial charge in [0.2, 0.25) is 0 Å². The van der Waals surface area contributed by atoms with E-state index in [0.29, 0.717) is 11.5 Å². The molecule has 2 aromatic heterocycles. The van der Waals surface area contributed by atoms with E-state index in [0.717, 1.165) is 16.5 Å². The molecule has 0 amide bonds. The number of carbonyl (C=O) groups is 1. The predicted octanol–water partition coefficient (Wildman–Crippen LogP) is 2.58. The van der Waals surface area contributed by atoms with Gasteiger partial charge in [-0.15, -0.1) is 0 Å². The van der Waals surface area contributed by atoms with Crippen LogP contribution in [0.2, 0.25) is 0 Å². The van der Waals surface area contributed by atoms with Gasteiger partial charge >= 0.3 is 5.97 Å². The number of aromatic carboxylic acids is 1. The van der Waals surface area contributed by atoms with Crippen LogP contribution in [0.15, 0.2) is 30.5 Å². The summed E-state index contributed by atoms with van der Waals surface area (Å²) in [7, 11) is 1.94. The van der Waals surface area contributed by atoms with Crippen molar-refractivity contribution in [3.63, 3.8) is 0 Å². The maximum atomic E-state index is 11.3. The summed E-state index contributed by atoms with van der Waals surface area (Å²) in [4.78, 5) is 18.4. The number of carboxylic acid groups (broad SMARTS) is 1. The lowest BCUT2D eigenvalue weighted by Crippen LogP contribution is -1.99. The Labute approximate surface area is 109 Å². The average Bonchev–Trinajstić information content (AvgIpc) is 2.91. The maximum absolute atomic E-state index is 11.3. The molecule has 0 unspecified atom stereocenters. The standard InChI is InChI=1S/C14H13N3O2/c1-8-15-12(13(16-8)14(18)19)10-7-17(2)11-6-4-3-5-9(10)11/h3-7H,1-2H3,(H,15,16)(H,18,19). The molecule has 96 valence electrons. The number of aryl methyl sites for hydroxylation is 2. The Morgan fingerprint density at radius 3 is 2.84 bits per heavy atom. The molecule has 1 aromatic carbocycles. The van der Waals surface area contributed by atoms with Crippen LogP contribution in [-0.2, 0) is 7.05 Å². The Balaban J connectivity index is 2.34. The van der Waals surface area contributed by atoms with Crippen molar-refractivity contribution < 1.29 is 9.90 Å². The number of nitrogens with one attached hydrogen (secondary N) is 1. The number of imidazole rings is 1. The Bertz CT molecular complexity index is 783. The molecule has 0 aliphatic rings. The fraction of sp³-hybridized carbons (Fsp3) is 0.143. The first-order chi connectivity index (χ1) is 9.08. The van der Waals surface area contributed by atoms with Crippen LogP contribution in [-0.4, -0.2) is 25.6 Å². The highest BCUT2D eigenvalue weighted by molar-refractivity contribution is 6.01. The van der Waals surface area contributed by atoms with Gasteiger partial charge in [0.05, 0.1) is 0 Å². The lowest BCUT2D eigenvalue weighted by atomic mass is 10.1. The summed E-state index contributed by atoms with van der Waals surface area (Å²) in [5.41, 5.74) is 2.50. The van der Waals surface area contributed by atoms with Gasteiger partial charge in [-0.25, -0.2) is 9.78 Å². The van der Waals surface area contributed by atoms with Crippen LogP contribution in [0.4, 0.5) is 0 Å². The van der Waals surface area contributed by atoms with E-state index in [1.54, 1.807) is 6.92 Å². The number of hydrogen-bond donors (Lipinski definition) is 2. The van der Waals surface area contributed by atoms with Crippen molar-refractivity contribution in [3.05, 3.63) is 42.0 Å². The third-order valence-electron chi connectivity index (χ3n) is 3.19. The van der Waals surface area contributed by atoms with Gasteiger partial charge in [-0.05, 0) is 13.0 Å². The minimum Gasteiger partial charge on any atom is -0.477 e. The molecular formula is C14H13N3O2. The molecule has 3 aromatic rings. The van der Waals surface area contributed by atoms with Gasteiger partial charge in [-0.1, -0.05) is 18.2 Å². The summed E-state index contributed by atoms with van der Waals surface area (Å²) in [6.45, 7) is 1.75. The van der Waals surface area contributed by atoms with Gasteiger partial charge in [0.15, 0.2) is 5.69 Å². The van der Waals surface area contributed by atoms with Gasteiger partial charge in [-0.3, -0.25) is 0 Å². The number of aromatic nitrogens is 3. The zero-order chi connectivity index (χ0) is 13.6. The molecule has 2 N–H and O–H groups in total. The summed E-state index contributed by atoms with van der Waals surface area (Å²) >= 11 is 0. The smallest absolute Gasteiger partial charge is 0.354 e. The van der Waals surface area contributed by atoms with Gasteiger partial charge in [0, 0.05) is 29.7 Å². The highest BCUT2D eigenvalue weighted by atomic mass is 16.4. The highest BCUT2D eigenvalue weighted by Gasteiger charge is 2.19. The van der Waals surface area contributed by atoms with Crippen LogP contribution < -0.4 is 0 Å². The van der Waals surface area contributed by atoms with Gasteiger partial charge < -0.3 is 14.7 Å². The Kier molecular flexibility index (Phi) is 2.41. The highest BCUT2D eigenvalue weighted by Crippen LogP contribution is 2.31. The van der Waals surface area contributed by atoms with E-state index >= 15 is 0 Å². The van der Waals surface area contributed by atoms with E-state index in [2.05, 4.69) is 9.97 Å². The van der Waals surface area contributed by atoms with E-state index in [9.17, 15) is 9.90 Å².